The first-order valence-electron chi connectivity index (χ1n) is 7.64. The van der Waals surface area contributed by atoms with Gasteiger partial charge in [-0.25, -0.2) is 0 Å². The number of carboxylic acid groups (broad SMARTS) is 1. The maximum atomic E-state index is 12.4. The Morgan fingerprint density at radius 2 is 1.83 bits per heavy atom. The Morgan fingerprint density at radius 3 is 2.30 bits per heavy atom. The van der Waals surface area contributed by atoms with Crippen LogP contribution in [0.1, 0.15) is 34.3 Å². The molecule has 2 N–H and O–H groups in total. The second-order valence-electron chi connectivity index (χ2n) is 6.02. The van der Waals surface area contributed by atoms with Crippen molar-refractivity contribution in [3.63, 3.8) is 0 Å². The predicted octanol–water partition coefficient (Wildman–Crippen LogP) is 1.92. The molecule has 1 saturated heterocycles. The normalized spacial score (nSPS) is 16.7. The Labute approximate surface area is 135 Å². The molecular weight excluding hydrogens is 298 g/mol. The van der Waals surface area contributed by atoms with Gasteiger partial charge in [-0.3, -0.25) is 9.59 Å². The van der Waals surface area contributed by atoms with Gasteiger partial charge in [-0.15, -0.1) is 0 Å². The van der Waals surface area contributed by atoms with Gasteiger partial charge < -0.3 is 19.9 Å². The zero-order valence-corrected chi connectivity index (χ0v) is 13.8. The molecule has 1 aromatic rings. The number of aliphatic carboxylic acids is 1. The highest BCUT2D eigenvalue weighted by Gasteiger charge is 2.40. The topological polar surface area (TPSA) is 84.9 Å². The van der Waals surface area contributed by atoms with Crippen molar-refractivity contribution in [2.45, 2.75) is 26.7 Å². The van der Waals surface area contributed by atoms with Crippen molar-refractivity contribution in [1.29, 1.82) is 0 Å². The first-order valence-corrected chi connectivity index (χ1v) is 7.64. The van der Waals surface area contributed by atoms with Gasteiger partial charge in [-0.2, -0.15) is 0 Å². The van der Waals surface area contributed by atoms with E-state index in [2.05, 4.69) is 5.32 Å². The number of methoxy groups -OCH3 is 1. The molecule has 23 heavy (non-hydrogen) atoms. The number of carboxylic acids is 1. The summed E-state index contributed by atoms with van der Waals surface area (Å²) in [5.74, 6) is -0.401. The lowest BCUT2D eigenvalue weighted by Crippen LogP contribution is -2.46. The van der Waals surface area contributed by atoms with Crippen molar-refractivity contribution in [1.82, 2.24) is 5.32 Å². The van der Waals surface area contributed by atoms with Crippen LogP contribution in [-0.4, -0.2) is 43.9 Å². The number of nitrogens with one attached hydrogen (secondary N) is 1. The van der Waals surface area contributed by atoms with E-state index < -0.39 is 11.4 Å². The van der Waals surface area contributed by atoms with Gasteiger partial charge in [-0.05, 0) is 49.9 Å². The average molecular weight is 321 g/mol. The summed E-state index contributed by atoms with van der Waals surface area (Å²) in [6, 6.07) is 3.50. The molecule has 6 nitrogen and oxygen atoms in total. The molecule has 1 heterocycles. The second-order valence-corrected chi connectivity index (χ2v) is 6.02. The van der Waals surface area contributed by atoms with E-state index in [4.69, 9.17) is 9.47 Å². The SMILES string of the molecule is COc1c(C)cc(C(=O)NCC2(C(=O)O)CCOCC2)cc1C. The molecule has 1 amide bonds. The summed E-state index contributed by atoms with van der Waals surface area (Å²) in [4.78, 5) is 24.0. The maximum Gasteiger partial charge on any atom is 0.311 e. The first-order chi connectivity index (χ1) is 10.9. The number of hydrogen-bond acceptors (Lipinski definition) is 4. The fraction of sp³-hybridized carbons (Fsp3) is 0.529. The van der Waals surface area contributed by atoms with Crippen LogP contribution in [0.25, 0.3) is 0 Å². The Hall–Kier alpha value is -2.08. The van der Waals surface area contributed by atoms with Gasteiger partial charge in [0.15, 0.2) is 0 Å². The lowest BCUT2D eigenvalue weighted by Gasteiger charge is -2.33. The first kappa shape index (κ1) is 17.3. The molecule has 0 unspecified atom stereocenters. The number of carbonyl (C=O) groups is 2. The molecule has 0 radical (unpaired) electrons. The van der Waals surface area contributed by atoms with Crippen LogP contribution in [-0.2, 0) is 9.53 Å². The van der Waals surface area contributed by atoms with Crippen LogP contribution in [0.5, 0.6) is 5.75 Å². The molecule has 1 fully saturated rings. The zero-order chi connectivity index (χ0) is 17.0. The maximum absolute atomic E-state index is 12.4. The van der Waals surface area contributed by atoms with E-state index in [0.717, 1.165) is 16.9 Å². The minimum absolute atomic E-state index is 0.106. The molecule has 1 aliphatic rings. The quantitative estimate of drug-likeness (QED) is 0.865. The number of rotatable bonds is 5. The molecule has 0 saturated carbocycles. The number of hydrogen-bond donors (Lipinski definition) is 2. The third-order valence-electron chi connectivity index (χ3n) is 4.42. The minimum atomic E-state index is -0.940. The van der Waals surface area contributed by atoms with E-state index in [1.807, 2.05) is 13.8 Å². The molecule has 0 atom stereocenters. The Kier molecular flexibility index (Phi) is 5.26. The Morgan fingerprint density at radius 1 is 1.26 bits per heavy atom. The van der Waals surface area contributed by atoms with Crippen molar-refractivity contribution in [2.24, 2.45) is 5.41 Å². The van der Waals surface area contributed by atoms with Gasteiger partial charge in [0.2, 0.25) is 0 Å². The zero-order valence-electron chi connectivity index (χ0n) is 13.8. The Bertz CT molecular complexity index is 582. The summed E-state index contributed by atoms with van der Waals surface area (Å²) >= 11 is 0. The molecule has 0 aromatic heterocycles. The van der Waals surface area contributed by atoms with Crippen LogP contribution in [0.3, 0.4) is 0 Å². The van der Waals surface area contributed by atoms with Crippen molar-refractivity contribution < 1.29 is 24.2 Å². The smallest absolute Gasteiger partial charge is 0.311 e. The number of aryl methyl sites for hydroxylation is 2. The summed E-state index contributed by atoms with van der Waals surface area (Å²) < 4.78 is 10.5. The van der Waals surface area contributed by atoms with Crippen LogP contribution >= 0.6 is 0 Å². The summed E-state index contributed by atoms with van der Waals surface area (Å²) in [5.41, 5.74) is 1.31. The molecule has 0 spiro atoms. The third kappa shape index (κ3) is 3.64. The molecular formula is C17H23NO5. The van der Waals surface area contributed by atoms with Gasteiger partial charge >= 0.3 is 5.97 Å². The highest BCUT2D eigenvalue weighted by molar-refractivity contribution is 5.95. The molecule has 2 rings (SSSR count). The molecule has 0 bridgehead atoms. The summed E-state index contributed by atoms with van der Waals surface area (Å²) in [7, 11) is 1.59. The predicted molar refractivity (Wildman–Crippen MR) is 84.9 cm³/mol. The van der Waals surface area contributed by atoms with Gasteiger partial charge in [0, 0.05) is 25.3 Å². The average Bonchev–Trinajstić information content (AvgIpc) is 2.53. The van der Waals surface area contributed by atoms with Gasteiger partial charge in [0.1, 0.15) is 5.75 Å². The van der Waals surface area contributed by atoms with Crippen LogP contribution in [0.2, 0.25) is 0 Å². The van der Waals surface area contributed by atoms with Gasteiger partial charge in [-0.1, -0.05) is 0 Å². The second kappa shape index (κ2) is 7.00. The van der Waals surface area contributed by atoms with E-state index in [-0.39, 0.29) is 12.5 Å². The standard InChI is InChI=1S/C17H23NO5/c1-11-8-13(9-12(2)14(11)22-3)15(19)18-10-17(16(20)21)4-6-23-7-5-17/h8-9H,4-7,10H2,1-3H3,(H,18,19)(H,20,21). The van der Waals surface area contributed by atoms with Crippen LogP contribution in [0.4, 0.5) is 0 Å². The van der Waals surface area contributed by atoms with Crippen LogP contribution in [0, 0.1) is 19.3 Å². The van der Waals surface area contributed by atoms with E-state index in [1.165, 1.54) is 0 Å². The van der Waals surface area contributed by atoms with Crippen molar-refractivity contribution in [2.75, 3.05) is 26.9 Å². The van der Waals surface area contributed by atoms with Crippen molar-refractivity contribution in [3.8, 4) is 5.75 Å². The van der Waals surface area contributed by atoms with Crippen LogP contribution < -0.4 is 10.1 Å². The fourth-order valence-electron chi connectivity index (χ4n) is 2.98. The van der Waals surface area contributed by atoms with E-state index in [1.54, 1.807) is 19.2 Å². The largest absolute Gasteiger partial charge is 0.496 e. The number of amides is 1. The number of carbonyl (C=O) groups excluding carboxylic acids is 1. The van der Waals surface area contributed by atoms with Gasteiger partial charge in [0.25, 0.3) is 5.91 Å². The number of benzene rings is 1. The molecule has 0 aliphatic carbocycles. The highest BCUT2D eigenvalue weighted by atomic mass is 16.5. The van der Waals surface area contributed by atoms with E-state index in [9.17, 15) is 14.7 Å². The van der Waals surface area contributed by atoms with E-state index in [0.29, 0.717) is 31.6 Å². The van der Waals surface area contributed by atoms with Crippen molar-refractivity contribution in [3.05, 3.63) is 28.8 Å². The molecule has 126 valence electrons. The monoisotopic (exact) mass is 321 g/mol. The number of ether oxygens (including phenoxy) is 2. The lowest BCUT2D eigenvalue weighted by atomic mass is 9.80. The lowest BCUT2D eigenvalue weighted by molar-refractivity contribution is -0.154. The summed E-state index contributed by atoms with van der Waals surface area (Å²) in [6.45, 7) is 4.67. The highest BCUT2D eigenvalue weighted by Crippen LogP contribution is 2.30. The molecule has 6 heteroatoms. The summed E-state index contributed by atoms with van der Waals surface area (Å²) in [6.07, 6.45) is 0.812. The van der Waals surface area contributed by atoms with E-state index >= 15 is 0 Å². The fourth-order valence-corrected chi connectivity index (χ4v) is 2.98. The van der Waals surface area contributed by atoms with Crippen molar-refractivity contribution >= 4 is 11.9 Å². The van der Waals surface area contributed by atoms with Crippen LogP contribution in [0.15, 0.2) is 12.1 Å². The minimum Gasteiger partial charge on any atom is -0.496 e. The third-order valence-corrected chi connectivity index (χ3v) is 4.42. The molecule has 1 aromatic carbocycles. The van der Waals surface area contributed by atoms with Gasteiger partial charge in [0.05, 0.1) is 12.5 Å². The Balaban J connectivity index is 2.11. The molecule has 1 aliphatic heterocycles. The summed E-state index contributed by atoms with van der Waals surface area (Å²) in [5, 5.41) is 12.3.